The minimum Gasteiger partial charge on any atom is -0.466 e. The fourth-order valence-electron chi connectivity index (χ4n) is 1.17. The molecular weight excluding hydrogens is 304 g/mol. The SMILES string of the molecule is COCCOCOc1cc(C(=O)OC)ccc1Br. The lowest BCUT2D eigenvalue weighted by atomic mass is 10.2. The van der Waals surface area contributed by atoms with Crippen LogP contribution in [0.1, 0.15) is 10.4 Å². The molecule has 0 radical (unpaired) electrons. The summed E-state index contributed by atoms with van der Waals surface area (Å²) in [6.07, 6.45) is 0. The second kappa shape index (κ2) is 8.07. The van der Waals surface area contributed by atoms with Gasteiger partial charge < -0.3 is 18.9 Å². The lowest BCUT2D eigenvalue weighted by molar-refractivity contribution is -0.00886. The van der Waals surface area contributed by atoms with Crippen molar-refractivity contribution in [2.24, 2.45) is 0 Å². The molecule has 100 valence electrons. The molecule has 0 atom stereocenters. The molecule has 0 fully saturated rings. The fourth-order valence-corrected chi connectivity index (χ4v) is 1.53. The average molecular weight is 319 g/mol. The smallest absolute Gasteiger partial charge is 0.337 e. The number of carbonyl (C=O) groups is 1. The molecule has 0 spiro atoms. The van der Waals surface area contributed by atoms with Gasteiger partial charge in [0, 0.05) is 7.11 Å². The normalized spacial score (nSPS) is 10.2. The highest BCUT2D eigenvalue weighted by molar-refractivity contribution is 9.10. The van der Waals surface area contributed by atoms with E-state index in [-0.39, 0.29) is 6.79 Å². The number of hydrogen-bond acceptors (Lipinski definition) is 5. The maximum Gasteiger partial charge on any atom is 0.337 e. The molecule has 0 aliphatic rings. The Balaban J connectivity index is 2.56. The van der Waals surface area contributed by atoms with Crippen LogP contribution in [0.2, 0.25) is 0 Å². The van der Waals surface area contributed by atoms with Crippen molar-refractivity contribution in [2.45, 2.75) is 0 Å². The largest absolute Gasteiger partial charge is 0.466 e. The molecule has 0 heterocycles. The Labute approximate surface area is 114 Å². The minimum absolute atomic E-state index is 0.0899. The minimum atomic E-state index is -0.410. The Morgan fingerprint density at radius 1 is 1.28 bits per heavy atom. The molecule has 1 aromatic rings. The number of esters is 1. The van der Waals surface area contributed by atoms with Crippen LogP contribution in [0, 0.1) is 0 Å². The van der Waals surface area contributed by atoms with Gasteiger partial charge in [0.2, 0.25) is 0 Å². The van der Waals surface area contributed by atoms with Crippen molar-refractivity contribution in [2.75, 3.05) is 34.2 Å². The number of hydrogen-bond donors (Lipinski definition) is 0. The summed E-state index contributed by atoms with van der Waals surface area (Å²) in [7, 11) is 2.93. The standard InChI is InChI=1S/C12H15BrO5/c1-15-5-6-17-8-18-11-7-9(12(14)16-2)3-4-10(11)13/h3-4,7H,5-6,8H2,1-2H3. The van der Waals surface area contributed by atoms with E-state index in [9.17, 15) is 4.79 Å². The number of methoxy groups -OCH3 is 2. The molecule has 1 rings (SSSR count). The zero-order valence-electron chi connectivity index (χ0n) is 10.3. The molecule has 6 heteroatoms. The zero-order valence-corrected chi connectivity index (χ0v) is 11.9. The van der Waals surface area contributed by atoms with Gasteiger partial charge in [-0.15, -0.1) is 0 Å². The van der Waals surface area contributed by atoms with Crippen molar-refractivity contribution in [3.05, 3.63) is 28.2 Å². The van der Waals surface area contributed by atoms with Gasteiger partial charge in [0.05, 0.1) is 30.4 Å². The first-order valence-corrected chi connectivity index (χ1v) is 6.05. The molecule has 0 N–H and O–H groups in total. The van der Waals surface area contributed by atoms with Gasteiger partial charge in [-0.05, 0) is 34.1 Å². The highest BCUT2D eigenvalue weighted by Gasteiger charge is 2.09. The van der Waals surface area contributed by atoms with Crippen molar-refractivity contribution in [1.82, 2.24) is 0 Å². The highest BCUT2D eigenvalue weighted by atomic mass is 79.9. The first kappa shape index (κ1) is 14.9. The molecule has 1 aromatic carbocycles. The summed E-state index contributed by atoms with van der Waals surface area (Å²) in [5.74, 6) is 0.114. The quantitative estimate of drug-likeness (QED) is 0.438. The first-order valence-electron chi connectivity index (χ1n) is 5.26. The van der Waals surface area contributed by atoms with Gasteiger partial charge in [0.1, 0.15) is 5.75 Å². The zero-order chi connectivity index (χ0) is 13.4. The molecule has 0 amide bonds. The van der Waals surface area contributed by atoms with Gasteiger partial charge >= 0.3 is 5.97 Å². The summed E-state index contributed by atoms with van der Waals surface area (Å²) in [5.41, 5.74) is 0.424. The molecule has 18 heavy (non-hydrogen) atoms. The summed E-state index contributed by atoms with van der Waals surface area (Å²) in [5, 5.41) is 0. The van der Waals surface area contributed by atoms with Gasteiger partial charge in [-0.1, -0.05) is 0 Å². The molecule has 0 bridgehead atoms. The molecule has 0 unspecified atom stereocenters. The maximum absolute atomic E-state index is 11.4. The maximum atomic E-state index is 11.4. The van der Waals surface area contributed by atoms with Crippen molar-refractivity contribution >= 4 is 21.9 Å². The van der Waals surface area contributed by atoms with E-state index in [4.69, 9.17) is 14.2 Å². The van der Waals surface area contributed by atoms with Gasteiger partial charge in [-0.2, -0.15) is 0 Å². The molecule has 0 aliphatic carbocycles. The molecular formula is C12H15BrO5. The number of ether oxygens (including phenoxy) is 4. The van der Waals surface area contributed by atoms with E-state index in [0.717, 1.165) is 4.47 Å². The third kappa shape index (κ3) is 4.64. The van der Waals surface area contributed by atoms with Crippen LogP contribution < -0.4 is 4.74 Å². The van der Waals surface area contributed by atoms with E-state index in [2.05, 4.69) is 20.7 Å². The number of benzene rings is 1. The van der Waals surface area contributed by atoms with Crippen molar-refractivity contribution in [3.8, 4) is 5.75 Å². The third-order valence-electron chi connectivity index (χ3n) is 2.08. The van der Waals surface area contributed by atoms with Crippen LogP contribution in [0.15, 0.2) is 22.7 Å². The second-order valence-electron chi connectivity index (χ2n) is 3.30. The van der Waals surface area contributed by atoms with Crippen molar-refractivity contribution in [1.29, 1.82) is 0 Å². The number of carbonyl (C=O) groups excluding carboxylic acids is 1. The van der Waals surface area contributed by atoms with E-state index in [0.29, 0.717) is 24.5 Å². The van der Waals surface area contributed by atoms with E-state index < -0.39 is 5.97 Å². The van der Waals surface area contributed by atoms with Crippen LogP contribution in [0.5, 0.6) is 5.75 Å². The van der Waals surface area contributed by atoms with Crippen molar-refractivity contribution < 1.29 is 23.7 Å². The summed E-state index contributed by atoms with van der Waals surface area (Å²) in [6, 6.07) is 4.96. The first-order chi connectivity index (χ1) is 8.69. The molecule has 5 nitrogen and oxygen atoms in total. The molecule has 0 saturated carbocycles. The predicted molar refractivity (Wildman–Crippen MR) is 68.8 cm³/mol. The Kier molecular flexibility index (Phi) is 6.70. The monoisotopic (exact) mass is 318 g/mol. The Bertz CT molecular complexity index is 394. The lowest BCUT2D eigenvalue weighted by Gasteiger charge is -2.09. The van der Waals surface area contributed by atoms with E-state index in [1.807, 2.05) is 0 Å². The van der Waals surface area contributed by atoms with Crippen LogP contribution in [-0.2, 0) is 14.2 Å². The Hall–Kier alpha value is -1.11. The number of rotatable bonds is 7. The summed E-state index contributed by atoms with van der Waals surface area (Å²) in [6.45, 7) is 1.05. The predicted octanol–water partition coefficient (Wildman–Crippen LogP) is 2.24. The van der Waals surface area contributed by atoms with Gasteiger partial charge in [-0.3, -0.25) is 0 Å². The van der Waals surface area contributed by atoms with Crippen molar-refractivity contribution in [3.63, 3.8) is 0 Å². The van der Waals surface area contributed by atoms with Crippen LogP contribution in [0.25, 0.3) is 0 Å². The van der Waals surface area contributed by atoms with Crippen LogP contribution in [0.4, 0.5) is 0 Å². The highest BCUT2D eigenvalue weighted by Crippen LogP contribution is 2.26. The second-order valence-corrected chi connectivity index (χ2v) is 4.15. The lowest BCUT2D eigenvalue weighted by Crippen LogP contribution is -2.08. The summed E-state index contributed by atoms with van der Waals surface area (Å²) in [4.78, 5) is 11.4. The number of halogens is 1. The van der Waals surface area contributed by atoms with Gasteiger partial charge in [0.25, 0.3) is 0 Å². The van der Waals surface area contributed by atoms with Gasteiger partial charge in [0.15, 0.2) is 6.79 Å². The summed E-state index contributed by atoms with van der Waals surface area (Å²) >= 11 is 3.33. The Morgan fingerprint density at radius 2 is 2.06 bits per heavy atom. The van der Waals surface area contributed by atoms with Gasteiger partial charge in [-0.25, -0.2) is 4.79 Å². The Morgan fingerprint density at radius 3 is 2.72 bits per heavy atom. The molecule has 0 aliphatic heterocycles. The third-order valence-corrected chi connectivity index (χ3v) is 2.74. The molecule has 0 saturated heterocycles. The van der Waals surface area contributed by atoms with Crippen LogP contribution in [-0.4, -0.2) is 40.2 Å². The topological polar surface area (TPSA) is 54.0 Å². The van der Waals surface area contributed by atoms with E-state index in [1.54, 1.807) is 25.3 Å². The average Bonchev–Trinajstić information content (AvgIpc) is 2.39. The van der Waals surface area contributed by atoms with E-state index >= 15 is 0 Å². The summed E-state index contributed by atoms with van der Waals surface area (Å²) < 4.78 is 20.8. The van der Waals surface area contributed by atoms with Crippen LogP contribution >= 0.6 is 15.9 Å². The van der Waals surface area contributed by atoms with Crippen LogP contribution in [0.3, 0.4) is 0 Å². The molecule has 0 aromatic heterocycles. The fraction of sp³-hybridized carbons (Fsp3) is 0.417. The van der Waals surface area contributed by atoms with E-state index in [1.165, 1.54) is 7.11 Å².